The van der Waals surface area contributed by atoms with Gasteiger partial charge in [0.1, 0.15) is 0 Å². The lowest BCUT2D eigenvalue weighted by atomic mass is 10.2. The summed E-state index contributed by atoms with van der Waals surface area (Å²) >= 11 is 0. The molecule has 2 unspecified atom stereocenters. The van der Waals surface area contributed by atoms with E-state index in [2.05, 4.69) is 5.32 Å². The van der Waals surface area contributed by atoms with Crippen LogP contribution >= 0.6 is 0 Å². The van der Waals surface area contributed by atoms with Crippen LogP contribution in [0.5, 0.6) is 0 Å². The summed E-state index contributed by atoms with van der Waals surface area (Å²) in [7, 11) is -3.59. The van der Waals surface area contributed by atoms with Crippen LogP contribution in [0.15, 0.2) is 23.1 Å². The second-order valence-corrected chi connectivity index (χ2v) is 8.63. The Balaban J connectivity index is 1.79. The van der Waals surface area contributed by atoms with Gasteiger partial charge in [-0.05, 0) is 43.9 Å². The molecule has 0 radical (unpaired) electrons. The SMILES string of the molecule is Cc1ccc(NC(=O)C2CC2C(=O)O)cc1S(=O)(=O)N1CCCCC1. The van der Waals surface area contributed by atoms with E-state index in [0.29, 0.717) is 30.8 Å². The molecule has 0 bridgehead atoms. The first kappa shape index (κ1) is 17.9. The molecule has 1 aliphatic carbocycles. The average Bonchev–Trinajstić information content (AvgIpc) is 3.38. The lowest BCUT2D eigenvalue weighted by Crippen LogP contribution is -2.36. The number of carbonyl (C=O) groups is 2. The number of carboxylic acid groups (broad SMARTS) is 1. The van der Waals surface area contributed by atoms with E-state index in [1.165, 1.54) is 10.4 Å². The number of amides is 1. The van der Waals surface area contributed by atoms with Gasteiger partial charge in [0.2, 0.25) is 15.9 Å². The van der Waals surface area contributed by atoms with Gasteiger partial charge >= 0.3 is 5.97 Å². The minimum absolute atomic E-state index is 0.192. The molecule has 0 spiro atoms. The fraction of sp³-hybridized carbons (Fsp3) is 0.529. The lowest BCUT2D eigenvalue weighted by Gasteiger charge is -2.26. The number of nitrogens with one attached hydrogen (secondary N) is 1. The van der Waals surface area contributed by atoms with Gasteiger partial charge in [0, 0.05) is 18.8 Å². The summed E-state index contributed by atoms with van der Waals surface area (Å²) in [6, 6.07) is 4.77. The van der Waals surface area contributed by atoms with Gasteiger partial charge < -0.3 is 10.4 Å². The van der Waals surface area contributed by atoms with Gasteiger partial charge in [-0.15, -0.1) is 0 Å². The molecule has 7 nitrogen and oxygen atoms in total. The Kier molecular flexibility index (Phi) is 4.83. The molecule has 1 aromatic rings. The van der Waals surface area contributed by atoms with E-state index in [1.807, 2.05) is 0 Å². The van der Waals surface area contributed by atoms with Crippen molar-refractivity contribution in [2.45, 2.75) is 37.5 Å². The zero-order valence-electron chi connectivity index (χ0n) is 14.1. The van der Waals surface area contributed by atoms with Gasteiger partial charge in [0.25, 0.3) is 0 Å². The Morgan fingerprint density at radius 3 is 2.44 bits per heavy atom. The molecule has 2 N–H and O–H groups in total. The Bertz CT molecular complexity index is 799. The Hall–Kier alpha value is -1.93. The summed E-state index contributed by atoms with van der Waals surface area (Å²) < 4.78 is 27.2. The first-order valence-electron chi connectivity index (χ1n) is 8.45. The van der Waals surface area contributed by atoms with Crippen molar-refractivity contribution < 1.29 is 23.1 Å². The molecule has 25 heavy (non-hydrogen) atoms. The zero-order chi connectivity index (χ0) is 18.2. The van der Waals surface area contributed by atoms with Crippen LogP contribution in [-0.4, -0.2) is 42.8 Å². The van der Waals surface area contributed by atoms with E-state index in [1.54, 1.807) is 19.1 Å². The maximum absolute atomic E-state index is 12.9. The van der Waals surface area contributed by atoms with Crippen molar-refractivity contribution >= 4 is 27.6 Å². The molecule has 2 atom stereocenters. The number of carboxylic acids is 1. The molecule has 1 amide bonds. The number of benzene rings is 1. The predicted octanol–water partition coefficient (Wildman–Crippen LogP) is 1.83. The van der Waals surface area contributed by atoms with Crippen LogP contribution in [0.1, 0.15) is 31.2 Å². The van der Waals surface area contributed by atoms with E-state index in [-0.39, 0.29) is 10.8 Å². The molecule has 1 heterocycles. The topological polar surface area (TPSA) is 104 Å². The number of aliphatic carboxylic acids is 1. The fourth-order valence-electron chi connectivity index (χ4n) is 3.19. The fourth-order valence-corrected chi connectivity index (χ4v) is 4.96. The summed E-state index contributed by atoms with van der Waals surface area (Å²) in [6.07, 6.45) is 3.07. The number of piperidine rings is 1. The number of anilines is 1. The number of sulfonamides is 1. The second kappa shape index (κ2) is 6.76. The second-order valence-electron chi connectivity index (χ2n) is 6.72. The lowest BCUT2D eigenvalue weighted by molar-refractivity contribution is -0.139. The predicted molar refractivity (Wildman–Crippen MR) is 91.7 cm³/mol. The Morgan fingerprint density at radius 1 is 1.16 bits per heavy atom. The minimum atomic E-state index is -3.59. The largest absolute Gasteiger partial charge is 0.481 e. The molecule has 1 aromatic carbocycles. The first-order chi connectivity index (χ1) is 11.8. The number of nitrogens with zero attached hydrogens (tertiary/aromatic N) is 1. The molecule has 8 heteroatoms. The van der Waals surface area contributed by atoms with Crippen LogP contribution in [0.2, 0.25) is 0 Å². The van der Waals surface area contributed by atoms with Gasteiger partial charge in [0.15, 0.2) is 0 Å². The zero-order valence-corrected chi connectivity index (χ0v) is 14.9. The third kappa shape index (κ3) is 3.69. The first-order valence-corrected chi connectivity index (χ1v) is 9.89. The summed E-state index contributed by atoms with van der Waals surface area (Å²) in [5, 5.41) is 11.6. The van der Waals surface area contributed by atoms with Crippen molar-refractivity contribution in [2.24, 2.45) is 11.8 Å². The number of rotatable bonds is 5. The monoisotopic (exact) mass is 366 g/mol. The third-order valence-corrected chi connectivity index (χ3v) is 6.87. The molecule has 1 aliphatic heterocycles. The average molecular weight is 366 g/mol. The maximum atomic E-state index is 12.9. The summed E-state index contributed by atoms with van der Waals surface area (Å²) in [5.41, 5.74) is 1.00. The Labute approximate surface area is 147 Å². The number of hydrogen-bond donors (Lipinski definition) is 2. The summed E-state index contributed by atoms with van der Waals surface area (Å²) in [5.74, 6) is -2.53. The van der Waals surface area contributed by atoms with Crippen LogP contribution in [0, 0.1) is 18.8 Å². The molecular weight excluding hydrogens is 344 g/mol. The van der Waals surface area contributed by atoms with Gasteiger partial charge in [0.05, 0.1) is 16.7 Å². The van der Waals surface area contributed by atoms with Crippen LogP contribution < -0.4 is 5.32 Å². The van der Waals surface area contributed by atoms with Crippen LogP contribution in [0.25, 0.3) is 0 Å². The maximum Gasteiger partial charge on any atom is 0.307 e. The molecule has 2 fully saturated rings. The molecule has 1 saturated heterocycles. The molecule has 2 aliphatic rings. The number of hydrogen-bond acceptors (Lipinski definition) is 4. The van der Waals surface area contributed by atoms with Crippen molar-refractivity contribution in [3.63, 3.8) is 0 Å². The molecule has 0 aromatic heterocycles. The highest BCUT2D eigenvalue weighted by molar-refractivity contribution is 7.89. The van der Waals surface area contributed by atoms with E-state index >= 15 is 0 Å². The van der Waals surface area contributed by atoms with Gasteiger partial charge in [-0.1, -0.05) is 12.5 Å². The van der Waals surface area contributed by atoms with Gasteiger partial charge in [-0.3, -0.25) is 9.59 Å². The van der Waals surface area contributed by atoms with Crippen molar-refractivity contribution in [3.8, 4) is 0 Å². The number of carbonyl (C=O) groups excluding carboxylic acids is 1. The number of aryl methyl sites for hydroxylation is 1. The molecule has 136 valence electrons. The highest BCUT2D eigenvalue weighted by atomic mass is 32.2. The highest BCUT2D eigenvalue weighted by Crippen LogP contribution is 2.39. The van der Waals surface area contributed by atoms with E-state index in [4.69, 9.17) is 5.11 Å². The quantitative estimate of drug-likeness (QED) is 0.827. The summed E-state index contributed by atoms with van der Waals surface area (Å²) in [6.45, 7) is 2.76. The summed E-state index contributed by atoms with van der Waals surface area (Å²) in [4.78, 5) is 23.2. The van der Waals surface area contributed by atoms with Crippen molar-refractivity contribution in [2.75, 3.05) is 18.4 Å². The van der Waals surface area contributed by atoms with Crippen molar-refractivity contribution in [3.05, 3.63) is 23.8 Å². The standard InChI is InChI=1S/C17H22N2O5S/c1-11-5-6-12(18-16(20)13-10-14(13)17(21)22)9-15(11)25(23,24)19-7-3-2-4-8-19/h5-6,9,13-14H,2-4,7-8,10H2,1H3,(H,18,20)(H,21,22). The van der Waals surface area contributed by atoms with E-state index < -0.39 is 27.8 Å². The highest BCUT2D eigenvalue weighted by Gasteiger charge is 2.48. The molecular formula is C17H22N2O5S. The van der Waals surface area contributed by atoms with Crippen molar-refractivity contribution in [1.82, 2.24) is 4.31 Å². The molecule has 1 saturated carbocycles. The smallest absolute Gasteiger partial charge is 0.307 e. The van der Waals surface area contributed by atoms with E-state index in [0.717, 1.165) is 19.3 Å². The Morgan fingerprint density at radius 2 is 1.84 bits per heavy atom. The third-order valence-electron chi connectivity index (χ3n) is 4.83. The van der Waals surface area contributed by atoms with Crippen LogP contribution in [0.4, 0.5) is 5.69 Å². The molecule has 3 rings (SSSR count). The van der Waals surface area contributed by atoms with Gasteiger partial charge in [-0.2, -0.15) is 4.31 Å². The van der Waals surface area contributed by atoms with Crippen LogP contribution in [-0.2, 0) is 19.6 Å². The van der Waals surface area contributed by atoms with Gasteiger partial charge in [-0.25, -0.2) is 8.42 Å². The normalized spacial score (nSPS) is 23.9. The minimum Gasteiger partial charge on any atom is -0.481 e. The van der Waals surface area contributed by atoms with Crippen molar-refractivity contribution in [1.29, 1.82) is 0 Å². The van der Waals surface area contributed by atoms with E-state index in [9.17, 15) is 18.0 Å². The van der Waals surface area contributed by atoms with Crippen LogP contribution in [0.3, 0.4) is 0 Å².